The van der Waals surface area contributed by atoms with Gasteiger partial charge in [0, 0.05) is 26.2 Å². The highest BCUT2D eigenvalue weighted by Crippen LogP contribution is 2.19. The van der Waals surface area contributed by atoms with E-state index in [0.717, 1.165) is 0 Å². The number of sulfonamides is 1. The molecule has 7 heteroatoms. The van der Waals surface area contributed by atoms with Gasteiger partial charge in [0.05, 0.1) is 6.26 Å². The molecule has 18 heavy (non-hydrogen) atoms. The summed E-state index contributed by atoms with van der Waals surface area (Å²) in [5.41, 5.74) is -0.541. The predicted octanol–water partition coefficient (Wildman–Crippen LogP) is 0.887. The molecule has 0 aromatic heterocycles. The Morgan fingerprint density at radius 3 is 2.33 bits per heavy atom. The fraction of sp³-hybridized carbons (Fsp3) is 0.909. The maximum atomic E-state index is 11.8. The van der Waals surface area contributed by atoms with Crippen molar-refractivity contribution in [3.8, 4) is 0 Å². The summed E-state index contributed by atoms with van der Waals surface area (Å²) in [4.78, 5) is 13.3. The van der Waals surface area contributed by atoms with Gasteiger partial charge in [-0.2, -0.15) is 0 Å². The SMILES string of the molecule is CN(C(=O)OC(C)(C)C)C1CCN(S(C)(=O)=O)C1. The Morgan fingerprint density at radius 2 is 1.94 bits per heavy atom. The molecule has 1 heterocycles. The van der Waals surface area contributed by atoms with E-state index in [2.05, 4.69) is 0 Å². The minimum absolute atomic E-state index is 0.116. The molecule has 1 saturated heterocycles. The van der Waals surface area contributed by atoms with Crippen molar-refractivity contribution in [3.63, 3.8) is 0 Å². The second-order valence-electron chi connectivity index (χ2n) is 5.65. The number of nitrogens with zero attached hydrogens (tertiary/aromatic N) is 2. The summed E-state index contributed by atoms with van der Waals surface area (Å²) in [6, 6.07) is -0.116. The number of likely N-dealkylation sites (N-methyl/N-ethyl adjacent to an activating group) is 1. The second-order valence-corrected chi connectivity index (χ2v) is 7.64. The first-order valence-corrected chi connectivity index (χ1v) is 7.76. The molecule has 1 aliphatic heterocycles. The van der Waals surface area contributed by atoms with Crippen LogP contribution in [0, 0.1) is 0 Å². The van der Waals surface area contributed by atoms with Gasteiger partial charge in [-0.3, -0.25) is 0 Å². The summed E-state index contributed by atoms with van der Waals surface area (Å²) in [6.45, 7) is 6.20. The van der Waals surface area contributed by atoms with Crippen LogP contribution >= 0.6 is 0 Å². The average molecular weight is 278 g/mol. The van der Waals surface area contributed by atoms with E-state index in [1.807, 2.05) is 0 Å². The topological polar surface area (TPSA) is 66.9 Å². The first kappa shape index (κ1) is 15.2. The highest BCUT2D eigenvalue weighted by molar-refractivity contribution is 7.88. The third kappa shape index (κ3) is 4.13. The summed E-state index contributed by atoms with van der Waals surface area (Å²) < 4.78 is 29.4. The minimum Gasteiger partial charge on any atom is -0.444 e. The van der Waals surface area contributed by atoms with Crippen LogP contribution in [-0.4, -0.2) is 61.8 Å². The van der Waals surface area contributed by atoms with Crippen LogP contribution in [0.4, 0.5) is 4.79 Å². The zero-order valence-electron chi connectivity index (χ0n) is 11.6. The molecule has 1 unspecified atom stereocenters. The summed E-state index contributed by atoms with van der Waals surface area (Å²) >= 11 is 0. The van der Waals surface area contributed by atoms with E-state index in [1.54, 1.807) is 27.8 Å². The number of amides is 1. The van der Waals surface area contributed by atoms with Crippen LogP contribution in [0.2, 0.25) is 0 Å². The molecule has 1 aliphatic rings. The summed E-state index contributed by atoms with van der Waals surface area (Å²) in [5.74, 6) is 0. The van der Waals surface area contributed by atoms with Gasteiger partial charge in [-0.25, -0.2) is 17.5 Å². The fourth-order valence-corrected chi connectivity index (χ4v) is 2.69. The van der Waals surface area contributed by atoms with E-state index in [4.69, 9.17) is 4.74 Å². The van der Waals surface area contributed by atoms with Crippen molar-refractivity contribution >= 4 is 16.1 Å². The molecule has 0 aromatic carbocycles. The summed E-state index contributed by atoms with van der Waals surface area (Å²) in [6.07, 6.45) is 1.41. The van der Waals surface area contributed by atoms with Gasteiger partial charge < -0.3 is 9.64 Å². The second kappa shape index (κ2) is 5.05. The number of carbonyl (C=O) groups is 1. The average Bonchev–Trinajstić information content (AvgIpc) is 2.61. The van der Waals surface area contributed by atoms with Gasteiger partial charge in [-0.1, -0.05) is 0 Å². The van der Waals surface area contributed by atoms with Crippen LogP contribution in [0.5, 0.6) is 0 Å². The van der Waals surface area contributed by atoms with E-state index in [0.29, 0.717) is 19.5 Å². The lowest BCUT2D eigenvalue weighted by molar-refractivity contribution is 0.0233. The normalized spacial score (nSPS) is 21.9. The molecule has 0 N–H and O–H groups in total. The monoisotopic (exact) mass is 278 g/mol. The van der Waals surface area contributed by atoms with Gasteiger partial charge in [0.1, 0.15) is 5.60 Å². The van der Waals surface area contributed by atoms with Gasteiger partial charge in [-0.05, 0) is 27.2 Å². The number of ether oxygens (including phenoxy) is 1. The maximum Gasteiger partial charge on any atom is 0.410 e. The van der Waals surface area contributed by atoms with Crippen molar-refractivity contribution < 1.29 is 17.9 Å². The predicted molar refractivity (Wildman–Crippen MR) is 68.8 cm³/mol. The molecule has 1 fully saturated rings. The molecule has 0 radical (unpaired) electrons. The number of rotatable bonds is 2. The van der Waals surface area contributed by atoms with Gasteiger partial charge in [-0.15, -0.1) is 0 Å². The van der Waals surface area contributed by atoms with Gasteiger partial charge >= 0.3 is 6.09 Å². The van der Waals surface area contributed by atoms with E-state index >= 15 is 0 Å². The van der Waals surface area contributed by atoms with Crippen LogP contribution in [0.1, 0.15) is 27.2 Å². The Morgan fingerprint density at radius 1 is 1.39 bits per heavy atom. The highest BCUT2D eigenvalue weighted by atomic mass is 32.2. The lowest BCUT2D eigenvalue weighted by Gasteiger charge is -2.28. The quantitative estimate of drug-likeness (QED) is 0.752. The largest absolute Gasteiger partial charge is 0.444 e. The molecule has 1 rings (SSSR count). The lowest BCUT2D eigenvalue weighted by Crippen LogP contribution is -2.42. The van der Waals surface area contributed by atoms with Crippen molar-refractivity contribution in [3.05, 3.63) is 0 Å². The Labute approximate surface area is 109 Å². The summed E-state index contributed by atoms with van der Waals surface area (Å²) in [7, 11) is -1.53. The minimum atomic E-state index is -3.18. The smallest absolute Gasteiger partial charge is 0.410 e. The molecular weight excluding hydrogens is 256 g/mol. The maximum absolute atomic E-state index is 11.8. The molecule has 0 aromatic rings. The first-order chi connectivity index (χ1) is 8.00. The van der Waals surface area contributed by atoms with Crippen molar-refractivity contribution in [1.82, 2.24) is 9.21 Å². The zero-order valence-corrected chi connectivity index (χ0v) is 12.5. The summed E-state index contributed by atoms with van der Waals surface area (Å²) in [5, 5.41) is 0. The van der Waals surface area contributed by atoms with Crippen LogP contribution in [0.3, 0.4) is 0 Å². The van der Waals surface area contributed by atoms with Crippen molar-refractivity contribution in [2.45, 2.75) is 38.8 Å². The molecule has 1 atom stereocenters. The molecule has 0 spiro atoms. The number of carbonyl (C=O) groups excluding carboxylic acids is 1. The molecule has 106 valence electrons. The highest BCUT2D eigenvalue weighted by Gasteiger charge is 2.34. The Kier molecular flexibility index (Phi) is 4.27. The van der Waals surface area contributed by atoms with Crippen LogP contribution in [0.25, 0.3) is 0 Å². The van der Waals surface area contributed by atoms with Crippen LogP contribution in [0.15, 0.2) is 0 Å². The van der Waals surface area contributed by atoms with Gasteiger partial charge in [0.25, 0.3) is 0 Å². The fourth-order valence-electron chi connectivity index (χ4n) is 1.81. The third-order valence-corrected chi connectivity index (χ3v) is 4.09. The Balaban J connectivity index is 2.60. The van der Waals surface area contributed by atoms with Crippen molar-refractivity contribution in [1.29, 1.82) is 0 Å². The van der Waals surface area contributed by atoms with E-state index < -0.39 is 21.7 Å². The molecular formula is C11H22N2O4S. The van der Waals surface area contributed by atoms with Crippen molar-refractivity contribution in [2.24, 2.45) is 0 Å². The Bertz CT molecular complexity index is 413. The molecule has 0 saturated carbocycles. The lowest BCUT2D eigenvalue weighted by atomic mass is 10.2. The molecule has 6 nitrogen and oxygen atoms in total. The van der Waals surface area contributed by atoms with E-state index in [-0.39, 0.29) is 6.04 Å². The van der Waals surface area contributed by atoms with Crippen molar-refractivity contribution in [2.75, 3.05) is 26.4 Å². The first-order valence-electron chi connectivity index (χ1n) is 5.91. The number of hydrogen-bond donors (Lipinski definition) is 0. The zero-order chi connectivity index (χ0) is 14.1. The molecule has 1 amide bonds. The molecule has 0 bridgehead atoms. The number of hydrogen-bond acceptors (Lipinski definition) is 4. The van der Waals surface area contributed by atoms with Crippen LogP contribution in [-0.2, 0) is 14.8 Å². The van der Waals surface area contributed by atoms with Gasteiger partial charge in [0.15, 0.2) is 0 Å². The van der Waals surface area contributed by atoms with Gasteiger partial charge in [0.2, 0.25) is 10.0 Å². The van der Waals surface area contributed by atoms with E-state index in [1.165, 1.54) is 15.5 Å². The van der Waals surface area contributed by atoms with E-state index in [9.17, 15) is 13.2 Å². The third-order valence-electron chi connectivity index (χ3n) is 2.82. The standard InChI is InChI=1S/C11H22N2O4S/c1-11(2,3)17-10(14)12(4)9-6-7-13(8-9)18(5,15)16/h9H,6-8H2,1-5H3. The van der Waals surface area contributed by atoms with Crippen LogP contribution < -0.4 is 0 Å². The molecule has 0 aliphatic carbocycles. The Hall–Kier alpha value is -0.820.